The molecular weight excluding hydrogens is 1020 g/mol. The van der Waals surface area contributed by atoms with Gasteiger partial charge in [0.1, 0.15) is 140 Å². The van der Waals surface area contributed by atoms with Gasteiger partial charge in [0.15, 0.2) is 43.8 Å². The maximum absolute atomic E-state index is 12.5. The van der Waals surface area contributed by atoms with Gasteiger partial charge in [-0.3, -0.25) is 14.8 Å². The van der Waals surface area contributed by atoms with Gasteiger partial charge < -0.3 is 150 Å². The highest BCUT2D eigenvalue weighted by atomic mass is 17.1. The third-order valence-corrected chi connectivity index (χ3v) is 13.3. The number of rotatable bonds is 19. The molecule has 0 bridgehead atoms. The Morgan fingerprint density at radius 2 is 0.716 bits per heavy atom. The van der Waals surface area contributed by atoms with Crippen molar-refractivity contribution >= 4 is 11.8 Å². The first-order valence-electron chi connectivity index (χ1n) is 23.3. The summed E-state index contributed by atoms with van der Waals surface area (Å²) in [5.41, 5.74) is 0. The fraction of sp³-hybridized carbons (Fsp3) is 0.950. The van der Waals surface area contributed by atoms with Crippen LogP contribution in [0.1, 0.15) is 13.8 Å². The van der Waals surface area contributed by atoms with Crippen molar-refractivity contribution in [2.45, 2.75) is 198 Å². The molecule has 6 fully saturated rings. The lowest BCUT2D eigenvalue weighted by atomic mass is 9.94. The Morgan fingerprint density at radius 1 is 0.351 bits per heavy atom. The van der Waals surface area contributed by atoms with E-state index in [0.29, 0.717) is 0 Å². The zero-order valence-corrected chi connectivity index (χ0v) is 39.3. The van der Waals surface area contributed by atoms with E-state index in [0.717, 1.165) is 13.8 Å². The molecule has 0 spiro atoms. The number of carbonyl (C=O) groups is 2. The molecule has 6 saturated heterocycles. The van der Waals surface area contributed by atoms with E-state index in [4.69, 9.17) is 52.1 Å². The third kappa shape index (κ3) is 12.9. The first kappa shape index (κ1) is 61.0. The average molecular weight is 1090 g/mol. The Balaban J connectivity index is 1.26. The quantitative estimate of drug-likeness (QED) is 0.0422. The van der Waals surface area contributed by atoms with Gasteiger partial charge in [-0.05, 0) is 0 Å². The largest absolute Gasteiger partial charge is 0.394 e. The van der Waals surface area contributed by atoms with Crippen LogP contribution < -0.4 is 10.6 Å². The summed E-state index contributed by atoms with van der Waals surface area (Å²) in [6, 6.07) is -3.26. The van der Waals surface area contributed by atoms with E-state index in [1.807, 2.05) is 0 Å². The number of aliphatic hydroxyl groups is 17. The molecule has 430 valence electrons. The number of hydrogen-bond acceptors (Lipinski definition) is 32. The van der Waals surface area contributed by atoms with E-state index in [9.17, 15) is 102 Å². The first-order chi connectivity index (χ1) is 35.1. The number of carbonyl (C=O) groups excluding carboxylic acids is 2. The molecular formula is C40H68N2O32. The fourth-order valence-corrected chi connectivity index (χ4v) is 9.39. The summed E-state index contributed by atoms with van der Waals surface area (Å²) >= 11 is 0. The van der Waals surface area contributed by atoms with E-state index in [1.165, 1.54) is 0 Å². The lowest BCUT2D eigenvalue weighted by Crippen LogP contribution is -2.70. The maximum atomic E-state index is 12.5. The minimum atomic E-state index is -2.29. The Kier molecular flexibility index (Phi) is 21.9. The van der Waals surface area contributed by atoms with Crippen LogP contribution in [0.5, 0.6) is 0 Å². The number of nitrogens with one attached hydrogen (secondary N) is 2. The van der Waals surface area contributed by atoms with E-state index < -0.39 is 236 Å². The molecule has 0 saturated carbocycles. The van der Waals surface area contributed by atoms with Crippen LogP contribution in [0.2, 0.25) is 0 Å². The fourth-order valence-electron chi connectivity index (χ4n) is 9.39. The van der Waals surface area contributed by atoms with Crippen molar-refractivity contribution in [3.05, 3.63) is 0 Å². The number of hydrogen-bond donors (Lipinski definition) is 20. The van der Waals surface area contributed by atoms with Crippen molar-refractivity contribution in [2.75, 3.05) is 39.6 Å². The standard InChI is InChI=1S/C40H68N2O32/c1-9(49)41-17-23(55)29(15(7-47)63-35(17)61)69-36-18(42-10(2)50)24(56)30(16(8-48)68-36)70-38-28(60)31(21(53)13(5-45)65-38)71-39-33(26(58)20(52)12(4-44)66-39)72-40-34(32(74-62)22(54)14(6-46)67-40)73-37-27(59)25(57)19(51)11(3-43)64-37/h11-40,43-48,51-62H,3-8H2,1-2H3,(H,41,49)(H,42,50)/t11-,12-,13-,14-,15-,16-,17-,18-,19-,20-,21-,22-,23-,24-,25+,26+,27+,28+,29-,30-,31+,32+,33+,34+,35-,36+,37-,38+,39-,40-/m1/s1. The SMILES string of the molecule is CC(=O)N[C@@H]1[C@@H](O)[C@H](O[C@@H]2O[C@H](CO)[C@@H](O[C@@H]3O[C@H](CO)[C@@H](O)[C@H](O[C@H]4O[C@H](CO)[C@@H](O)[C@H](O)[C@@H]4O[C@H]4O[C@H](CO)[C@@H](O)[C@H](OO)[C@@H]4O[C@H]4O[C@H](CO)[C@@H](O)[C@H](O)[C@@H]4O)[C@@H]3O)[C@H](O)[C@H]2NC(C)=O)[C@@H](CO)O[C@H]1O. The average Bonchev–Trinajstić information content (AvgIpc) is 3.37. The van der Waals surface area contributed by atoms with Crippen LogP contribution in [0.15, 0.2) is 0 Å². The predicted molar refractivity (Wildman–Crippen MR) is 224 cm³/mol. The minimum absolute atomic E-state index is 0.712. The summed E-state index contributed by atoms with van der Waals surface area (Å²) in [4.78, 5) is 28.8. The lowest BCUT2D eigenvalue weighted by molar-refractivity contribution is -0.427. The van der Waals surface area contributed by atoms with Crippen LogP contribution in [0, 0.1) is 0 Å². The summed E-state index contributed by atoms with van der Waals surface area (Å²) < 4.78 is 63.1. The van der Waals surface area contributed by atoms with Gasteiger partial charge in [0.2, 0.25) is 11.8 Å². The molecule has 34 heteroatoms. The highest BCUT2D eigenvalue weighted by molar-refractivity contribution is 5.73. The van der Waals surface area contributed by atoms with Crippen LogP contribution in [0.4, 0.5) is 0 Å². The molecule has 0 unspecified atom stereocenters. The summed E-state index contributed by atoms with van der Waals surface area (Å²) in [6.45, 7) is -3.91. The Morgan fingerprint density at radius 3 is 1.23 bits per heavy atom. The van der Waals surface area contributed by atoms with Crippen molar-refractivity contribution in [1.82, 2.24) is 10.6 Å². The van der Waals surface area contributed by atoms with E-state index in [-0.39, 0.29) is 0 Å². The number of aliphatic hydroxyl groups excluding tert-OH is 17. The molecule has 6 rings (SSSR count). The Bertz CT molecular complexity index is 1770. The zero-order chi connectivity index (χ0) is 54.6. The molecule has 2 amide bonds. The van der Waals surface area contributed by atoms with Gasteiger partial charge in [-0.25, -0.2) is 4.89 Å². The maximum Gasteiger partial charge on any atom is 0.217 e. The predicted octanol–water partition coefficient (Wildman–Crippen LogP) is -13.3. The first-order valence-corrected chi connectivity index (χ1v) is 23.3. The summed E-state index contributed by atoms with van der Waals surface area (Å²) in [7, 11) is 0. The second kappa shape index (κ2) is 26.6. The highest BCUT2D eigenvalue weighted by Crippen LogP contribution is 2.38. The van der Waals surface area contributed by atoms with Crippen molar-refractivity contribution in [3.8, 4) is 0 Å². The lowest BCUT2D eigenvalue weighted by Gasteiger charge is -2.51. The van der Waals surface area contributed by atoms with Crippen molar-refractivity contribution < 1.29 is 159 Å². The molecule has 0 radical (unpaired) electrons. The van der Waals surface area contributed by atoms with E-state index in [2.05, 4.69) is 15.5 Å². The number of amides is 2. The molecule has 34 nitrogen and oxygen atoms in total. The Labute approximate surface area is 418 Å². The van der Waals surface area contributed by atoms with Gasteiger partial charge in [0.05, 0.1) is 39.6 Å². The van der Waals surface area contributed by atoms with Crippen molar-refractivity contribution in [1.29, 1.82) is 0 Å². The van der Waals surface area contributed by atoms with E-state index >= 15 is 0 Å². The Hall–Kier alpha value is -2.26. The topological polar surface area (TPSA) is 533 Å². The smallest absolute Gasteiger partial charge is 0.217 e. The molecule has 6 aliphatic rings. The van der Waals surface area contributed by atoms with Crippen LogP contribution in [-0.4, -0.2) is 328 Å². The monoisotopic (exact) mass is 1090 g/mol. The molecule has 20 N–H and O–H groups in total. The molecule has 6 heterocycles. The highest BCUT2D eigenvalue weighted by Gasteiger charge is 2.59. The van der Waals surface area contributed by atoms with Crippen LogP contribution in [0.25, 0.3) is 0 Å². The molecule has 0 aromatic carbocycles. The van der Waals surface area contributed by atoms with Crippen molar-refractivity contribution in [2.24, 2.45) is 0 Å². The van der Waals surface area contributed by atoms with Crippen molar-refractivity contribution in [3.63, 3.8) is 0 Å². The molecule has 0 aromatic heterocycles. The summed E-state index contributed by atoms with van der Waals surface area (Å²) in [5.74, 6) is -1.54. The second-order valence-corrected chi connectivity index (χ2v) is 18.3. The molecule has 0 aliphatic carbocycles. The summed E-state index contributed by atoms with van der Waals surface area (Å²) in [5, 5.41) is 197. The number of ether oxygens (including phenoxy) is 11. The van der Waals surface area contributed by atoms with Gasteiger partial charge in [-0.15, -0.1) is 0 Å². The minimum Gasteiger partial charge on any atom is -0.394 e. The molecule has 30 atom stereocenters. The second-order valence-electron chi connectivity index (χ2n) is 18.3. The normalized spacial score (nSPS) is 49.2. The van der Waals surface area contributed by atoms with Gasteiger partial charge >= 0.3 is 0 Å². The van der Waals surface area contributed by atoms with Crippen LogP contribution in [-0.2, 0) is 66.6 Å². The molecule has 0 aromatic rings. The van der Waals surface area contributed by atoms with E-state index in [1.54, 1.807) is 0 Å². The summed E-state index contributed by atoms with van der Waals surface area (Å²) in [6.07, 6.45) is -54.8. The van der Waals surface area contributed by atoms with Gasteiger partial charge in [-0.2, -0.15) is 0 Å². The van der Waals surface area contributed by atoms with Crippen LogP contribution >= 0.6 is 0 Å². The van der Waals surface area contributed by atoms with Gasteiger partial charge in [0.25, 0.3) is 0 Å². The third-order valence-electron chi connectivity index (χ3n) is 13.3. The van der Waals surface area contributed by atoms with Gasteiger partial charge in [0, 0.05) is 13.8 Å². The zero-order valence-electron chi connectivity index (χ0n) is 39.3. The van der Waals surface area contributed by atoms with Crippen LogP contribution in [0.3, 0.4) is 0 Å². The van der Waals surface area contributed by atoms with Gasteiger partial charge in [-0.1, -0.05) is 0 Å². The molecule has 6 aliphatic heterocycles. The molecule has 74 heavy (non-hydrogen) atoms.